The first-order chi connectivity index (χ1) is 13.1. The fraction of sp³-hybridized carbons (Fsp3) is 0.400. The van der Waals surface area contributed by atoms with E-state index in [1.807, 2.05) is 18.2 Å². The smallest absolute Gasteiger partial charge is 0.337 e. The minimum atomic E-state index is -0.303. The van der Waals surface area contributed by atoms with Crippen molar-refractivity contribution in [2.75, 3.05) is 7.11 Å². The third-order valence-electron chi connectivity index (χ3n) is 6.62. The van der Waals surface area contributed by atoms with Crippen LogP contribution in [0.2, 0.25) is 0 Å². The van der Waals surface area contributed by atoms with E-state index in [-0.39, 0.29) is 16.8 Å². The molecule has 4 rings (SSSR count). The van der Waals surface area contributed by atoms with Crippen LogP contribution in [0.15, 0.2) is 42.5 Å². The van der Waals surface area contributed by atoms with Gasteiger partial charge in [-0.25, -0.2) is 4.79 Å². The lowest BCUT2D eigenvalue weighted by atomic mass is 9.63. The van der Waals surface area contributed by atoms with Gasteiger partial charge in [0.25, 0.3) is 0 Å². The van der Waals surface area contributed by atoms with Gasteiger partial charge in [0.1, 0.15) is 0 Å². The molecule has 3 aromatic rings. The van der Waals surface area contributed by atoms with Crippen molar-refractivity contribution >= 4 is 16.9 Å². The van der Waals surface area contributed by atoms with Crippen LogP contribution in [-0.4, -0.2) is 17.6 Å². The zero-order valence-electron chi connectivity index (χ0n) is 17.7. The summed E-state index contributed by atoms with van der Waals surface area (Å²) in [4.78, 5) is 11.9. The summed E-state index contributed by atoms with van der Waals surface area (Å²) < 4.78 is 7.04. The lowest BCUT2D eigenvalue weighted by Gasteiger charge is -2.42. The maximum absolute atomic E-state index is 11.9. The van der Waals surface area contributed by atoms with E-state index in [1.54, 1.807) is 0 Å². The van der Waals surface area contributed by atoms with Gasteiger partial charge in [-0.05, 0) is 64.6 Å². The van der Waals surface area contributed by atoms with Gasteiger partial charge < -0.3 is 9.30 Å². The Balaban J connectivity index is 1.87. The van der Waals surface area contributed by atoms with Crippen LogP contribution in [0.4, 0.5) is 0 Å². The molecule has 28 heavy (non-hydrogen) atoms. The van der Waals surface area contributed by atoms with Gasteiger partial charge in [0.05, 0.1) is 12.7 Å². The summed E-state index contributed by atoms with van der Waals surface area (Å²) in [5.74, 6) is -0.303. The lowest BCUT2D eigenvalue weighted by molar-refractivity contribution is 0.0601. The number of nitrogens with zero attached hydrogens (tertiary/aromatic N) is 1. The minimum absolute atomic E-state index is 0.184. The highest BCUT2D eigenvalue weighted by Crippen LogP contribution is 2.47. The van der Waals surface area contributed by atoms with Crippen molar-refractivity contribution in [3.63, 3.8) is 0 Å². The number of aromatic nitrogens is 1. The molecule has 0 unspecified atom stereocenters. The van der Waals surface area contributed by atoms with Crippen LogP contribution >= 0.6 is 0 Å². The molecule has 1 aliphatic carbocycles. The summed E-state index contributed by atoms with van der Waals surface area (Å²) in [5.41, 5.74) is 7.34. The van der Waals surface area contributed by atoms with E-state index in [4.69, 9.17) is 4.74 Å². The quantitative estimate of drug-likeness (QED) is 0.516. The zero-order chi connectivity index (χ0) is 20.3. The molecule has 1 heterocycles. The van der Waals surface area contributed by atoms with Crippen molar-refractivity contribution in [1.29, 1.82) is 0 Å². The van der Waals surface area contributed by atoms with E-state index < -0.39 is 0 Å². The normalized spacial score (nSPS) is 17.4. The first-order valence-corrected chi connectivity index (χ1v) is 9.97. The molecule has 146 valence electrons. The molecular weight excluding hydrogens is 346 g/mol. The van der Waals surface area contributed by atoms with Gasteiger partial charge in [0.15, 0.2) is 0 Å². The number of hydrogen-bond acceptors (Lipinski definition) is 2. The molecule has 0 amide bonds. The second-order valence-corrected chi connectivity index (χ2v) is 9.38. The second-order valence-electron chi connectivity index (χ2n) is 9.38. The standard InChI is InChI=1S/C25H29NO2/c1-24(2)11-12-25(3,4)20-13-16(9-10-19(20)24)21-14-17-7-8-18(23(27)28-6)15-22(17)26(21)5/h7-10,13-15H,11-12H2,1-6H3. The van der Waals surface area contributed by atoms with E-state index in [2.05, 4.69) is 63.6 Å². The van der Waals surface area contributed by atoms with Gasteiger partial charge in [-0.2, -0.15) is 0 Å². The summed E-state index contributed by atoms with van der Waals surface area (Å²) in [6.45, 7) is 9.42. The van der Waals surface area contributed by atoms with Gasteiger partial charge in [-0.3, -0.25) is 0 Å². The van der Waals surface area contributed by atoms with Crippen LogP contribution in [0.25, 0.3) is 22.2 Å². The number of esters is 1. The van der Waals surface area contributed by atoms with Crippen molar-refractivity contribution < 1.29 is 9.53 Å². The van der Waals surface area contributed by atoms with Crippen molar-refractivity contribution in [3.8, 4) is 11.3 Å². The Morgan fingerprint density at radius 1 is 0.929 bits per heavy atom. The van der Waals surface area contributed by atoms with E-state index in [9.17, 15) is 4.79 Å². The maximum atomic E-state index is 11.9. The number of carbonyl (C=O) groups is 1. The molecular formula is C25H29NO2. The number of fused-ring (bicyclic) bond motifs is 2. The Morgan fingerprint density at radius 2 is 1.61 bits per heavy atom. The summed E-state index contributed by atoms with van der Waals surface area (Å²) in [5, 5.41) is 1.13. The molecule has 0 N–H and O–H groups in total. The average Bonchev–Trinajstić information content (AvgIpc) is 3.01. The predicted octanol–water partition coefficient (Wildman–Crippen LogP) is 5.98. The average molecular weight is 376 g/mol. The molecule has 0 saturated carbocycles. The topological polar surface area (TPSA) is 31.2 Å². The van der Waals surface area contributed by atoms with E-state index in [0.29, 0.717) is 5.56 Å². The van der Waals surface area contributed by atoms with Crippen LogP contribution in [0, 0.1) is 0 Å². The zero-order valence-corrected chi connectivity index (χ0v) is 17.7. The van der Waals surface area contributed by atoms with Crippen LogP contribution < -0.4 is 0 Å². The molecule has 0 spiro atoms. The Morgan fingerprint density at radius 3 is 2.29 bits per heavy atom. The minimum Gasteiger partial charge on any atom is -0.465 e. The fourth-order valence-electron chi connectivity index (χ4n) is 4.60. The summed E-state index contributed by atoms with van der Waals surface area (Å²) in [7, 11) is 3.48. The second kappa shape index (κ2) is 6.23. The maximum Gasteiger partial charge on any atom is 0.337 e. The van der Waals surface area contributed by atoms with Crippen LogP contribution in [-0.2, 0) is 22.6 Å². The molecule has 0 saturated heterocycles. The summed E-state index contributed by atoms with van der Waals surface area (Å²) >= 11 is 0. The number of hydrogen-bond donors (Lipinski definition) is 0. The van der Waals surface area contributed by atoms with E-state index in [1.165, 1.54) is 42.3 Å². The number of methoxy groups -OCH3 is 1. The summed E-state index contributed by atoms with van der Waals surface area (Å²) in [6, 6.07) is 14.9. The molecule has 3 heteroatoms. The predicted molar refractivity (Wildman–Crippen MR) is 115 cm³/mol. The molecule has 1 aromatic heterocycles. The van der Waals surface area contributed by atoms with E-state index >= 15 is 0 Å². The Labute approximate surface area is 167 Å². The fourth-order valence-corrected chi connectivity index (χ4v) is 4.60. The largest absolute Gasteiger partial charge is 0.465 e. The SMILES string of the molecule is COC(=O)c1ccc2cc(-c3ccc4c(c3)C(C)(C)CCC4(C)C)n(C)c2c1. The number of aryl methyl sites for hydroxylation is 1. The molecule has 0 bridgehead atoms. The highest BCUT2D eigenvalue weighted by Gasteiger charge is 2.37. The molecule has 0 radical (unpaired) electrons. The first kappa shape index (κ1) is 18.8. The van der Waals surface area contributed by atoms with Crippen LogP contribution in [0.1, 0.15) is 62.0 Å². The number of ether oxygens (including phenoxy) is 1. The Kier molecular flexibility index (Phi) is 4.18. The first-order valence-electron chi connectivity index (χ1n) is 9.97. The van der Waals surface area contributed by atoms with Crippen molar-refractivity contribution in [3.05, 3.63) is 59.2 Å². The van der Waals surface area contributed by atoms with Crippen LogP contribution in [0.3, 0.4) is 0 Å². The number of rotatable bonds is 2. The van der Waals surface area contributed by atoms with Gasteiger partial charge in [0.2, 0.25) is 0 Å². The summed E-state index contributed by atoms with van der Waals surface area (Å²) in [6.07, 6.45) is 2.42. The molecule has 0 aliphatic heterocycles. The van der Waals surface area contributed by atoms with Crippen molar-refractivity contribution in [1.82, 2.24) is 4.57 Å². The van der Waals surface area contributed by atoms with Gasteiger partial charge in [-0.1, -0.05) is 45.9 Å². The third-order valence-corrected chi connectivity index (χ3v) is 6.62. The number of carbonyl (C=O) groups excluding carboxylic acids is 1. The highest BCUT2D eigenvalue weighted by atomic mass is 16.5. The van der Waals surface area contributed by atoms with E-state index in [0.717, 1.165) is 10.9 Å². The van der Waals surface area contributed by atoms with Gasteiger partial charge >= 0.3 is 5.97 Å². The van der Waals surface area contributed by atoms with Gasteiger partial charge in [-0.15, -0.1) is 0 Å². The van der Waals surface area contributed by atoms with Crippen molar-refractivity contribution in [2.45, 2.75) is 51.4 Å². The molecule has 0 fully saturated rings. The molecule has 1 aliphatic rings. The Bertz CT molecular complexity index is 1090. The third kappa shape index (κ3) is 2.85. The highest BCUT2D eigenvalue weighted by molar-refractivity contribution is 5.96. The molecule has 2 aromatic carbocycles. The lowest BCUT2D eigenvalue weighted by Crippen LogP contribution is -2.33. The molecule has 3 nitrogen and oxygen atoms in total. The molecule has 0 atom stereocenters. The van der Waals surface area contributed by atoms with Gasteiger partial charge in [0, 0.05) is 23.6 Å². The monoisotopic (exact) mass is 375 g/mol. The number of benzene rings is 2. The Hall–Kier alpha value is -2.55. The van der Waals surface area contributed by atoms with Crippen LogP contribution in [0.5, 0.6) is 0 Å². The van der Waals surface area contributed by atoms with Crippen molar-refractivity contribution in [2.24, 2.45) is 7.05 Å².